The first kappa shape index (κ1) is 22.3. The maximum Gasteiger partial charge on any atom is 0.250 e. The van der Waals surface area contributed by atoms with Crippen LogP contribution in [-0.4, -0.2) is 47.1 Å². The summed E-state index contributed by atoms with van der Waals surface area (Å²) < 4.78 is 5.67. The number of H-pyrrole nitrogens is 1. The fourth-order valence-electron chi connectivity index (χ4n) is 6.59. The number of aromatic amines is 1. The number of aliphatic hydroxyl groups is 1. The average molecular weight is 452 g/mol. The number of methoxy groups -OCH3 is 1. The summed E-state index contributed by atoms with van der Waals surface area (Å²) in [6.45, 7) is 4.17. The molecule has 6 nitrogen and oxygen atoms in total. The molecule has 3 heterocycles. The standard InChI is InChI=1S/C27H37N3O3/c1-3-17-15-30-13-12-19-25-22(10-7-11-24(25)33-2)29-26(19)23(30)14-20(17)21(16-31)27(32)28-18-8-5-4-6-9-18/h7,10-11,16-18,20,23,29,31H,3-6,8-9,12-15H2,1-2H3,(H,28,32)/b21-16+/t17-,20+,23+/m1/s1. The molecule has 6 heteroatoms. The van der Waals surface area contributed by atoms with E-state index in [1.54, 1.807) is 7.11 Å². The Morgan fingerprint density at radius 3 is 2.85 bits per heavy atom. The van der Waals surface area contributed by atoms with E-state index in [2.05, 4.69) is 28.2 Å². The van der Waals surface area contributed by atoms with E-state index in [0.717, 1.165) is 62.7 Å². The SMILES string of the molecule is CC[C@@H]1CN2CCc3c([nH]c4cccc(OC)c34)[C@@H]2C[C@@H]1/C(=C\O)C(=O)NC1CCCCC1. The summed E-state index contributed by atoms with van der Waals surface area (Å²) in [5.74, 6) is 1.25. The molecule has 2 fully saturated rings. The van der Waals surface area contributed by atoms with Crippen molar-refractivity contribution in [1.29, 1.82) is 0 Å². The first-order valence-electron chi connectivity index (χ1n) is 12.7. The number of hydrogen-bond donors (Lipinski definition) is 3. The van der Waals surface area contributed by atoms with Crippen LogP contribution in [0.5, 0.6) is 5.75 Å². The molecular weight excluding hydrogens is 414 g/mol. The molecule has 3 atom stereocenters. The highest BCUT2D eigenvalue weighted by Crippen LogP contribution is 2.47. The van der Waals surface area contributed by atoms with Gasteiger partial charge in [0.15, 0.2) is 0 Å². The van der Waals surface area contributed by atoms with Crippen molar-refractivity contribution in [3.05, 3.63) is 41.3 Å². The minimum absolute atomic E-state index is 0.0455. The van der Waals surface area contributed by atoms with Crippen LogP contribution in [0.15, 0.2) is 30.0 Å². The second-order valence-electron chi connectivity index (χ2n) is 10.1. The summed E-state index contributed by atoms with van der Waals surface area (Å²) in [5.41, 5.74) is 4.28. The first-order chi connectivity index (χ1) is 16.1. The number of ether oxygens (including phenoxy) is 1. The van der Waals surface area contributed by atoms with Gasteiger partial charge in [-0.3, -0.25) is 9.69 Å². The average Bonchev–Trinajstić information content (AvgIpc) is 3.24. The van der Waals surface area contributed by atoms with Gasteiger partial charge >= 0.3 is 0 Å². The Morgan fingerprint density at radius 2 is 2.12 bits per heavy atom. The van der Waals surface area contributed by atoms with Gasteiger partial charge in [-0.1, -0.05) is 38.7 Å². The van der Waals surface area contributed by atoms with Gasteiger partial charge in [-0.25, -0.2) is 0 Å². The third-order valence-corrected chi connectivity index (χ3v) is 8.35. The van der Waals surface area contributed by atoms with Crippen molar-refractivity contribution < 1.29 is 14.6 Å². The monoisotopic (exact) mass is 451 g/mol. The lowest BCUT2D eigenvalue weighted by Gasteiger charge is -2.46. The van der Waals surface area contributed by atoms with E-state index in [9.17, 15) is 9.90 Å². The second-order valence-corrected chi connectivity index (χ2v) is 10.1. The number of carbonyl (C=O) groups is 1. The number of fused-ring (bicyclic) bond motifs is 5. The molecule has 0 bridgehead atoms. The van der Waals surface area contributed by atoms with E-state index >= 15 is 0 Å². The number of nitrogens with zero attached hydrogens (tertiary/aromatic N) is 1. The van der Waals surface area contributed by atoms with Crippen LogP contribution in [0.1, 0.15) is 69.2 Å². The highest BCUT2D eigenvalue weighted by Gasteiger charge is 2.42. The maximum atomic E-state index is 13.3. The zero-order valence-corrected chi connectivity index (χ0v) is 19.9. The number of aromatic nitrogens is 1. The van der Waals surface area contributed by atoms with Crippen LogP contribution in [0.25, 0.3) is 10.9 Å². The molecule has 1 amide bonds. The van der Waals surface area contributed by atoms with Gasteiger partial charge in [0, 0.05) is 35.7 Å². The van der Waals surface area contributed by atoms with Crippen molar-refractivity contribution >= 4 is 16.8 Å². The molecule has 0 unspecified atom stereocenters. The molecule has 1 aromatic heterocycles. The van der Waals surface area contributed by atoms with Crippen LogP contribution in [0, 0.1) is 11.8 Å². The topological polar surface area (TPSA) is 77.6 Å². The normalized spacial score (nSPS) is 26.6. The third-order valence-electron chi connectivity index (χ3n) is 8.35. The molecule has 1 saturated heterocycles. The quantitative estimate of drug-likeness (QED) is 0.441. The van der Waals surface area contributed by atoms with Gasteiger partial charge in [0.1, 0.15) is 5.75 Å². The van der Waals surface area contributed by atoms with Gasteiger partial charge in [-0.2, -0.15) is 0 Å². The smallest absolute Gasteiger partial charge is 0.250 e. The number of piperidine rings is 1. The lowest BCUT2D eigenvalue weighted by Crippen LogP contribution is -2.48. The lowest BCUT2D eigenvalue weighted by molar-refractivity contribution is -0.119. The second kappa shape index (κ2) is 9.41. The van der Waals surface area contributed by atoms with Gasteiger partial charge in [0.2, 0.25) is 0 Å². The van der Waals surface area contributed by atoms with Crippen molar-refractivity contribution in [3.63, 3.8) is 0 Å². The predicted octanol–water partition coefficient (Wildman–Crippen LogP) is 5.01. The molecule has 3 aliphatic rings. The summed E-state index contributed by atoms with van der Waals surface area (Å²) >= 11 is 0. The molecule has 2 aliphatic heterocycles. The number of carbonyl (C=O) groups excluding carboxylic acids is 1. The largest absolute Gasteiger partial charge is 0.515 e. The fraction of sp³-hybridized carbons (Fsp3) is 0.593. The summed E-state index contributed by atoms with van der Waals surface area (Å²) in [6, 6.07) is 6.63. The van der Waals surface area contributed by atoms with Gasteiger partial charge < -0.3 is 20.1 Å². The third kappa shape index (κ3) is 4.03. The van der Waals surface area contributed by atoms with E-state index in [1.165, 1.54) is 35.9 Å². The lowest BCUT2D eigenvalue weighted by atomic mass is 9.73. The molecule has 178 valence electrons. The summed E-state index contributed by atoms with van der Waals surface area (Å²) in [7, 11) is 1.73. The van der Waals surface area contributed by atoms with Crippen LogP contribution >= 0.6 is 0 Å². The number of benzene rings is 1. The molecule has 33 heavy (non-hydrogen) atoms. The highest BCUT2D eigenvalue weighted by molar-refractivity contribution is 5.94. The zero-order chi connectivity index (χ0) is 22.9. The number of hydrogen-bond acceptors (Lipinski definition) is 4. The van der Waals surface area contributed by atoms with Crippen LogP contribution in [-0.2, 0) is 11.2 Å². The highest BCUT2D eigenvalue weighted by atomic mass is 16.5. The Morgan fingerprint density at radius 1 is 1.30 bits per heavy atom. The summed E-state index contributed by atoms with van der Waals surface area (Å²) in [6.07, 6.45) is 9.62. The summed E-state index contributed by atoms with van der Waals surface area (Å²) in [5, 5.41) is 14.6. The number of rotatable bonds is 5. The van der Waals surface area contributed by atoms with Gasteiger partial charge in [-0.05, 0) is 55.2 Å². The minimum Gasteiger partial charge on any atom is -0.515 e. The molecule has 3 N–H and O–H groups in total. The molecule has 5 rings (SSSR count). The summed E-state index contributed by atoms with van der Waals surface area (Å²) in [4.78, 5) is 19.5. The van der Waals surface area contributed by atoms with E-state index in [1.807, 2.05) is 12.1 Å². The number of amides is 1. The van der Waals surface area contributed by atoms with E-state index < -0.39 is 0 Å². The Hall–Kier alpha value is -2.47. The number of nitrogens with one attached hydrogen (secondary N) is 2. The van der Waals surface area contributed by atoms with E-state index in [0.29, 0.717) is 11.5 Å². The van der Waals surface area contributed by atoms with Gasteiger partial charge in [0.05, 0.1) is 25.0 Å². The van der Waals surface area contributed by atoms with Crippen LogP contribution in [0.4, 0.5) is 0 Å². The molecule has 1 saturated carbocycles. The Balaban J connectivity index is 1.44. The predicted molar refractivity (Wildman–Crippen MR) is 130 cm³/mol. The van der Waals surface area contributed by atoms with Gasteiger partial charge in [-0.15, -0.1) is 0 Å². The molecule has 1 aromatic carbocycles. The number of aliphatic hydroxyl groups excluding tert-OH is 1. The molecular formula is C27H37N3O3. The van der Waals surface area contributed by atoms with Crippen molar-refractivity contribution in [2.45, 2.75) is 70.4 Å². The Labute approximate surface area is 196 Å². The van der Waals surface area contributed by atoms with Gasteiger partial charge in [0.25, 0.3) is 5.91 Å². The molecule has 0 spiro atoms. The minimum atomic E-state index is -0.0735. The van der Waals surface area contributed by atoms with E-state index in [4.69, 9.17) is 4.74 Å². The Bertz CT molecular complexity index is 1040. The van der Waals surface area contributed by atoms with Crippen molar-refractivity contribution in [3.8, 4) is 5.75 Å². The van der Waals surface area contributed by atoms with Crippen LogP contribution in [0.2, 0.25) is 0 Å². The van der Waals surface area contributed by atoms with Crippen molar-refractivity contribution in [2.75, 3.05) is 20.2 Å². The van der Waals surface area contributed by atoms with Crippen LogP contribution < -0.4 is 10.1 Å². The first-order valence-corrected chi connectivity index (χ1v) is 12.7. The van der Waals surface area contributed by atoms with E-state index in [-0.39, 0.29) is 23.9 Å². The fourth-order valence-corrected chi connectivity index (χ4v) is 6.59. The molecule has 0 radical (unpaired) electrons. The van der Waals surface area contributed by atoms with Crippen molar-refractivity contribution in [2.24, 2.45) is 11.8 Å². The Kier molecular flexibility index (Phi) is 6.37. The zero-order valence-electron chi connectivity index (χ0n) is 19.9. The van der Waals surface area contributed by atoms with Crippen LogP contribution in [0.3, 0.4) is 0 Å². The maximum absolute atomic E-state index is 13.3. The molecule has 2 aromatic rings. The molecule has 1 aliphatic carbocycles. The van der Waals surface area contributed by atoms with Crippen molar-refractivity contribution in [1.82, 2.24) is 15.2 Å².